The molecule has 14 rings (SSSR count). The molecule has 3 N–H and O–H groups in total. The summed E-state index contributed by atoms with van der Waals surface area (Å²) in [4.78, 5) is 85.0. The van der Waals surface area contributed by atoms with E-state index in [1.54, 1.807) is 12.1 Å². The zero-order chi connectivity index (χ0) is 66.5. The van der Waals surface area contributed by atoms with Crippen molar-refractivity contribution in [3.8, 4) is 0 Å². The van der Waals surface area contributed by atoms with E-state index in [0.29, 0.717) is 107 Å². The first-order chi connectivity index (χ1) is 43.3. The molecule has 92 heavy (non-hydrogen) atoms. The molecule has 2 aromatic carbocycles. The van der Waals surface area contributed by atoms with Crippen LogP contribution in [0.1, 0.15) is 213 Å². The zero-order valence-corrected chi connectivity index (χ0v) is 57.2. The molecule has 3 heterocycles. The van der Waals surface area contributed by atoms with Gasteiger partial charge in [-0.25, -0.2) is 14.6 Å². The van der Waals surface area contributed by atoms with E-state index in [4.69, 9.17) is 14.9 Å². The highest BCUT2D eigenvalue weighted by atomic mass is 17.2. The molecule has 0 radical (unpaired) electrons. The lowest BCUT2D eigenvalue weighted by atomic mass is 9.45. The maximum Gasteiger partial charge on any atom is 0.335 e. The van der Waals surface area contributed by atoms with Gasteiger partial charge in [0.25, 0.3) is 11.4 Å². The quantitative estimate of drug-likeness (QED) is 0.133. The Kier molecular flexibility index (Phi) is 19.0. The number of carbonyl (C=O) groups is 4. The van der Waals surface area contributed by atoms with Crippen LogP contribution in [0.5, 0.6) is 0 Å². The first-order valence-electron chi connectivity index (χ1n) is 35.4. The summed E-state index contributed by atoms with van der Waals surface area (Å²) >= 11 is 0. The van der Waals surface area contributed by atoms with Crippen molar-refractivity contribution >= 4 is 35.1 Å². The molecule has 0 aromatic heterocycles. The Hall–Kier alpha value is -5.04. The molecule has 12 fully saturated rings. The summed E-state index contributed by atoms with van der Waals surface area (Å²) in [6, 6.07) is 12.4. The Morgan fingerprint density at radius 1 is 0.511 bits per heavy atom. The minimum Gasteiger partial charge on any atom is -0.478 e. The summed E-state index contributed by atoms with van der Waals surface area (Å²) < 4.78 is 0. The second-order valence-corrected chi connectivity index (χ2v) is 33.8. The molecule has 18 heteroatoms. The van der Waals surface area contributed by atoms with Gasteiger partial charge in [-0.2, -0.15) is 0 Å². The van der Waals surface area contributed by atoms with Crippen LogP contribution in [0.4, 0.5) is 11.4 Å². The number of hydrogen-bond donors (Lipinski definition) is 3. The Bertz CT molecular complexity index is 2970. The van der Waals surface area contributed by atoms with E-state index in [9.17, 15) is 49.6 Å². The Labute approximate surface area is 546 Å². The molecule has 9 saturated carbocycles. The molecule has 508 valence electrons. The van der Waals surface area contributed by atoms with E-state index in [2.05, 4.69) is 77.0 Å². The van der Waals surface area contributed by atoms with Gasteiger partial charge in [0.05, 0.1) is 33.7 Å². The molecular formula is C74H109N5O13. The Morgan fingerprint density at radius 3 is 1.20 bits per heavy atom. The summed E-state index contributed by atoms with van der Waals surface area (Å²) in [5.41, 5.74) is 2.65. The van der Waals surface area contributed by atoms with Gasteiger partial charge in [0.15, 0.2) is 0 Å². The van der Waals surface area contributed by atoms with Crippen LogP contribution in [-0.2, 0) is 30.8 Å². The van der Waals surface area contributed by atoms with Gasteiger partial charge in [-0.05, 0) is 249 Å². The lowest BCUT2D eigenvalue weighted by molar-refractivity contribution is -0.385. The van der Waals surface area contributed by atoms with E-state index in [-0.39, 0.29) is 56.9 Å². The molecular weight excluding hydrogens is 1170 g/mol. The number of fused-ring (bicyclic) bond motifs is 15. The number of piperidine rings is 3. The number of carboxylic acids is 1. The van der Waals surface area contributed by atoms with E-state index < -0.39 is 15.8 Å². The number of non-ortho nitro benzene ring substituents is 2. The Morgan fingerprint density at radius 2 is 0.848 bits per heavy atom. The van der Waals surface area contributed by atoms with E-state index in [1.165, 1.54) is 62.8 Å². The second kappa shape index (κ2) is 25.5. The molecule has 13 unspecified atom stereocenters. The molecule has 2 aromatic rings. The average Bonchev–Trinajstić information content (AvgIpc) is 1.29. The molecule has 9 aliphatic carbocycles. The molecule has 12 aliphatic rings. The number of benzene rings is 2. The van der Waals surface area contributed by atoms with Crippen LogP contribution in [0.25, 0.3) is 0 Å². The number of carbonyl (C=O) groups excluding carboxylic acids is 3. The van der Waals surface area contributed by atoms with Crippen molar-refractivity contribution in [1.82, 2.24) is 14.7 Å². The number of carboxylic acid groups (broad SMARTS) is 1. The van der Waals surface area contributed by atoms with E-state index >= 15 is 0 Å². The van der Waals surface area contributed by atoms with Gasteiger partial charge in [-0.1, -0.05) is 62.3 Å². The lowest BCUT2D eigenvalue weighted by Crippen LogP contribution is -2.62. The molecule has 3 saturated heterocycles. The summed E-state index contributed by atoms with van der Waals surface area (Å²) in [5.74, 6) is 8.12. The van der Waals surface area contributed by atoms with Crippen molar-refractivity contribution in [2.75, 3.05) is 21.1 Å². The number of nitro benzene ring substituents is 2. The largest absolute Gasteiger partial charge is 0.478 e. The zero-order valence-electron chi connectivity index (χ0n) is 57.2. The first-order valence-corrected chi connectivity index (χ1v) is 35.4. The van der Waals surface area contributed by atoms with Crippen LogP contribution in [0.2, 0.25) is 0 Å². The van der Waals surface area contributed by atoms with Gasteiger partial charge in [0, 0.05) is 82.8 Å². The minimum absolute atomic E-state index is 0.0422. The minimum atomic E-state index is -1.09. The number of rotatable bonds is 7. The maximum absolute atomic E-state index is 12.4. The van der Waals surface area contributed by atoms with Crippen molar-refractivity contribution in [3.63, 3.8) is 0 Å². The van der Waals surface area contributed by atoms with Crippen molar-refractivity contribution in [2.45, 2.75) is 240 Å². The molecule has 3 aliphatic heterocycles. The van der Waals surface area contributed by atoms with Crippen LogP contribution in [0.3, 0.4) is 0 Å². The van der Waals surface area contributed by atoms with Gasteiger partial charge in [0.1, 0.15) is 6.61 Å². The van der Waals surface area contributed by atoms with Gasteiger partial charge >= 0.3 is 5.97 Å². The monoisotopic (exact) mass is 1280 g/mol. The third-order valence-corrected chi connectivity index (χ3v) is 28.9. The third kappa shape index (κ3) is 12.2. The van der Waals surface area contributed by atoms with Gasteiger partial charge in [-0.15, -0.1) is 0 Å². The van der Waals surface area contributed by atoms with Crippen molar-refractivity contribution in [1.29, 1.82) is 0 Å². The molecule has 24 atom stereocenters. The van der Waals surface area contributed by atoms with Crippen LogP contribution in [0.15, 0.2) is 48.5 Å². The predicted molar refractivity (Wildman–Crippen MR) is 349 cm³/mol. The average molecular weight is 1280 g/mol. The van der Waals surface area contributed by atoms with Crippen LogP contribution in [-0.4, -0.2) is 121 Å². The highest BCUT2D eigenvalue weighted by molar-refractivity contribution is 5.87. The highest BCUT2D eigenvalue weighted by Crippen LogP contribution is 2.69. The van der Waals surface area contributed by atoms with Crippen molar-refractivity contribution < 1.29 is 54.1 Å². The number of hydrogen-bond acceptors (Lipinski definition) is 12. The number of aliphatic hydroxyl groups excluding tert-OH is 2. The van der Waals surface area contributed by atoms with Crippen LogP contribution < -0.4 is 0 Å². The van der Waals surface area contributed by atoms with Gasteiger partial charge in [-0.3, -0.25) is 34.6 Å². The third-order valence-electron chi connectivity index (χ3n) is 28.9. The van der Waals surface area contributed by atoms with Crippen LogP contribution >= 0.6 is 0 Å². The highest BCUT2D eigenvalue weighted by Gasteiger charge is 2.66. The topological polar surface area (TPSA) is 243 Å². The fraction of sp³-hybridized carbons (Fsp3) is 0.784. The number of nitrogens with zero attached hydrogens (tertiary/aromatic N) is 5. The van der Waals surface area contributed by atoms with Crippen molar-refractivity contribution in [3.05, 3.63) is 79.9 Å². The number of nitro groups is 2. The summed E-state index contributed by atoms with van der Waals surface area (Å²) in [6.45, 7) is 22.3. The first kappa shape index (κ1) is 68.3. The summed E-state index contributed by atoms with van der Waals surface area (Å²) in [6.07, 6.45) is 22.3. The summed E-state index contributed by atoms with van der Waals surface area (Å²) in [7, 11) is 6.08. The summed E-state index contributed by atoms with van der Waals surface area (Å²) in [5, 5.41) is 50.1. The van der Waals surface area contributed by atoms with E-state index in [1.807, 2.05) is 21.1 Å². The lowest BCUT2D eigenvalue weighted by Gasteiger charge is -2.63. The number of amides is 3. The second-order valence-electron chi connectivity index (χ2n) is 33.8. The molecule has 18 nitrogen and oxygen atoms in total. The van der Waals surface area contributed by atoms with Crippen molar-refractivity contribution in [2.24, 2.45) is 104 Å². The van der Waals surface area contributed by atoms with E-state index in [0.717, 1.165) is 131 Å². The van der Waals surface area contributed by atoms with Gasteiger partial charge < -0.3 is 30.0 Å². The van der Waals surface area contributed by atoms with Gasteiger partial charge in [0.2, 0.25) is 17.7 Å². The van der Waals surface area contributed by atoms with Crippen LogP contribution in [0, 0.1) is 124 Å². The Balaban J connectivity index is 0.000000132. The number of likely N-dealkylation sites (tertiary alicyclic amines) is 3. The predicted octanol–water partition coefficient (Wildman–Crippen LogP) is 13.7. The standard InChI is InChI=1S/C27H38N2O5.2C20H33NO2.C7H5NO4/c1-17-13-23-27(3,12-10-24(30)28(23)4)21-9-11-26(2)15-20(14-22(26)25(17)21)34-33-16-18-5-7-19(8-6-18)29(31)32;2*1-12-9-16-20(3,8-6-17(23)21(16)4)14-5-7-19(2)11-13(22)10-15(19)18(12)14;9-7(10)5-1-3-6(4-2-5)8(11)12/h5-8,17,20-23,25H,9-16H2,1-4H3;2*12-16,18,22H,5-11H2,1-4H3;1-4H,(H,9,10)/t17-,20?,21?,22?,23?,25?,26+,27+;12-,13+,14?,15?,16?,18?,19+,20+;12-,13-,14?,15?,16?,18?,19+,20+;/m000./s1. The number of aromatic carboxylic acids is 1. The fourth-order valence-corrected chi connectivity index (χ4v) is 24.1. The molecule has 3 amide bonds. The normalized spacial score (nSPS) is 44.6. The fourth-order valence-electron chi connectivity index (χ4n) is 24.1. The molecule has 0 spiro atoms. The SMILES string of the molecule is C[C@H]1CC2N(C)C(=O)CC[C@]2(C)C2CC[C@]3(C)CC(OOCc4ccc([N+](=O)[O-])cc4)CC3C21.C[C@H]1CC2N(C)C(=O)CC[C@]2(C)C2CC[C@]3(C)C[C@@H](O)CC3C21.C[C@H]1CC2N(C)C(=O)CC[C@]2(C)C2CC[C@]3(C)C[C@H](O)CC3C21.O=C(O)c1ccc([N+](=O)[O-])cc1. The maximum atomic E-state index is 12.4. The smallest absolute Gasteiger partial charge is 0.335 e. The molecule has 0 bridgehead atoms. The number of aliphatic hydroxyl groups is 2.